The molecule has 1 atom stereocenters. The molecule has 0 fully saturated rings. The van der Waals surface area contributed by atoms with Gasteiger partial charge < -0.3 is 5.32 Å². The second kappa shape index (κ2) is 16.6. The average Bonchev–Trinajstić information content (AvgIpc) is 2.99. The second-order valence-electron chi connectivity index (χ2n) is 11.3. The van der Waals surface area contributed by atoms with Crippen LogP contribution in [0.2, 0.25) is 5.02 Å². The number of rotatable bonds is 11. The number of benzene rings is 4. The number of hydrazine groups is 1. The van der Waals surface area contributed by atoms with Crippen LogP contribution in [-0.4, -0.2) is 5.91 Å². The van der Waals surface area contributed by atoms with Gasteiger partial charge in [-0.1, -0.05) is 120 Å². The van der Waals surface area contributed by atoms with Gasteiger partial charge in [-0.25, -0.2) is 5.01 Å². The van der Waals surface area contributed by atoms with E-state index in [-0.39, 0.29) is 11.8 Å². The van der Waals surface area contributed by atoms with E-state index in [1.54, 1.807) is 5.01 Å². The maximum Gasteiger partial charge on any atom is 0.248 e. The van der Waals surface area contributed by atoms with Crippen LogP contribution in [0.15, 0.2) is 103 Å². The predicted octanol–water partition coefficient (Wildman–Crippen LogP) is 11.0. The Hall–Kier alpha value is -3.76. The van der Waals surface area contributed by atoms with E-state index in [0.717, 1.165) is 52.6 Å². The minimum Gasteiger partial charge on any atom is -0.355 e. The molecule has 4 aromatic rings. The zero-order valence-electron chi connectivity index (χ0n) is 25.9. The summed E-state index contributed by atoms with van der Waals surface area (Å²) in [5, 5.41) is 5.98. The van der Waals surface area contributed by atoms with Crippen LogP contribution in [0.4, 0.5) is 22.7 Å². The van der Waals surface area contributed by atoms with Crippen molar-refractivity contribution in [1.82, 2.24) is 0 Å². The van der Waals surface area contributed by atoms with Crippen molar-refractivity contribution in [2.24, 2.45) is 11.8 Å². The van der Waals surface area contributed by atoms with Crippen LogP contribution in [0.25, 0.3) is 0 Å². The number of nitrogens with zero attached hydrogens (tertiary/aromatic N) is 1. The number of unbranched alkanes of at least 4 members (excludes halogenated alkanes) is 1. The first-order valence-corrected chi connectivity index (χ1v) is 15.4. The third kappa shape index (κ3) is 9.39. The fraction of sp³-hybridized carbons (Fsp3) is 0.324. The topological polar surface area (TPSA) is 44.4 Å². The van der Waals surface area contributed by atoms with E-state index < -0.39 is 0 Å². The number of nitrogens with one attached hydrogen (secondary N) is 2. The lowest BCUT2D eigenvalue weighted by Crippen LogP contribution is -2.42. The Balaban J connectivity index is 0.000000240. The van der Waals surface area contributed by atoms with Gasteiger partial charge in [0.2, 0.25) is 5.91 Å². The van der Waals surface area contributed by atoms with E-state index in [9.17, 15) is 4.79 Å². The van der Waals surface area contributed by atoms with Gasteiger partial charge >= 0.3 is 0 Å². The van der Waals surface area contributed by atoms with E-state index in [4.69, 9.17) is 11.6 Å². The summed E-state index contributed by atoms with van der Waals surface area (Å²) >= 11 is 6.14. The van der Waals surface area contributed by atoms with Crippen LogP contribution in [0, 0.1) is 18.8 Å². The average molecular weight is 584 g/mol. The number of carbonyl (C=O) groups excluding carboxylic acids is 1. The Labute approximate surface area is 258 Å². The quantitative estimate of drug-likeness (QED) is 0.173. The lowest BCUT2D eigenvalue weighted by Gasteiger charge is -2.30. The molecule has 0 aliphatic heterocycles. The molecular formula is C37H46ClN3O. The zero-order chi connectivity index (χ0) is 30.5. The maximum absolute atomic E-state index is 13.3. The molecule has 0 bridgehead atoms. The van der Waals surface area contributed by atoms with Crippen LogP contribution in [0.3, 0.4) is 0 Å². The lowest BCUT2D eigenvalue weighted by atomic mass is 9.89. The summed E-state index contributed by atoms with van der Waals surface area (Å²) in [5.74, 6) is 0.955. The molecule has 0 aromatic heterocycles. The highest BCUT2D eigenvalue weighted by atomic mass is 35.5. The minimum absolute atomic E-state index is 0.0152. The van der Waals surface area contributed by atoms with Gasteiger partial charge in [-0.3, -0.25) is 10.2 Å². The molecule has 4 nitrogen and oxygen atoms in total. The molecule has 4 rings (SSSR count). The number of hydrogen-bond donors (Lipinski definition) is 2. The summed E-state index contributed by atoms with van der Waals surface area (Å²) in [6.07, 6.45) is 3.10. The van der Waals surface area contributed by atoms with Crippen molar-refractivity contribution in [1.29, 1.82) is 0 Å². The van der Waals surface area contributed by atoms with Crippen molar-refractivity contribution in [2.75, 3.05) is 15.8 Å². The Morgan fingerprint density at radius 3 is 2.00 bits per heavy atom. The molecular weight excluding hydrogens is 538 g/mol. The van der Waals surface area contributed by atoms with Crippen molar-refractivity contribution < 1.29 is 4.79 Å². The van der Waals surface area contributed by atoms with Gasteiger partial charge in [-0.2, -0.15) is 0 Å². The van der Waals surface area contributed by atoms with E-state index >= 15 is 0 Å². The van der Waals surface area contributed by atoms with Crippen LogP contribution >= 0.6 is 11.6 Å². The summed E-state index contributed by atoms with van der Waals surface area (Å²) in [5.41, 5.74) is 9.68. The van der Waals surface area contributed by atoms with E-state index in [1.807, 2.05) is 85.8 Å². The highest BCUT2D eigenvalue weighted by Crippen LogP contribution is 2.30. The molecule has 42 heavy (non-hydrogen) atoms. The molecule has 2 N–H and O–H groups in total. The molecule has 0 aliphatic carbocycles. The summed E-state index contributed by atoms with van der Waals surface area (Å²) in [7, 11) is 0. The van der Waals surface area contributed by atoms with E-state index in [0.29, 0.717) is 11.8 Å². The molecule has 0 saturated heterocycles. The van der Waals surface area contributed by atoms with E-state index in [2.05, 4.69) is 69.6 Å². The third-order valence-corrected chi connectivity index (χ3v) is 7.77. The Bertz CT molecular complexity index is 1370. The van der Waals surface area contributed by atoms with Gasteiger partial charge in [0.05, 0.1) is 11.4 Å². The summed E-state index contributed by atoms with van der Waals surface area (Å²) in [4.78, 5) is 13.3. The van der Waals surface area contributed by atoms with Crippen LogP contribution in [-0.2, 0) is 4.79 Å². The molecule has 4 aromatic carbocycles. The minimum atomic E-state index is 0.0152. The van der Waals surface area contributed by atoms with Crippen LogP contribution < -0.4 is 15.8 Å². The fourth-order valence-electron chi connectivity index (χ4n) is 4.80. The number of anilines is 4. The summed E-state index contributed by atoms with van der Waals surface area (Å²) in [6.45, 7) is 12.9. The Morgan fingerprint density at radius 2 is 1.38 bits per heavy atom. The summed E-state index contributed by atoms with van der Waals surface area (Å²) in [6, 6.07) is 34.0. The van der Waals surface area contributed by atoms with Crippen LogP contribution in [0.1, 0.15) is 70.9 Å². The number of amides is 1. The molecule has 5 heteroatoms. The zero-order valence-corrected chi connectivity index (χ0v) is 26.7. The van der Waals surface area contributed by atoms with Gasteiger partial charge in [0.15, 0.2) is 0 Å². The normalized spacial score (nSPS) is 11.5. The first-order chi connectivity index (χ1) is 20.2. The van der Waals surface area contributed by atoms with Gasteiger partial charge in [-0.15, -0.1) is 0 Å². The molecule has 1 amide bonds. The maximum atomic E-state index is 13.3. The largest absolute Gasteiger partial charge is 0.355 e. The van der Waals surface area contributed by atoms with Gasteiger partial charge in [0.1, 0.15) is 0 Å². The Morgan fingerprint density at radius 1 is 0.786 bits per heavy atom. The summed E-state index contributed by atoms with van der Waals surface area (Å²) < 4.78 is 0. The van der Waals surface area contributed by atoms with Crippen molar-refractivity contribution in [3.63, 3.8) is 0 Å². The highest BCUT2D eigenvalue weighted by molar-refractivity contribution is 6.31. The number of halogens is 1. The predicted molar refractivity (Wildman–Crippen MR) is 182 cm³/mol. The van der Waals surface area contributed by atoms with Crippen molar-refractivity contribution >= 4 is 40.3 Å². The van der Waals surface area contributed by atoms with E-state index in [1.165, 1.54) is 5.56 Å². The molecule has 0 saturated carbocycles. The monoisotopic (exact) mass is 583 g/mol. The molecule has 0 radical (unpaired) electrons. The number of carbonyl (C=O) groups is 1. The van der Waals surface area contributed by atoms with Gasteiger partial charge in [0, 0.05) is 22.3 Å². The van der Waals surface area contributed by atoms with Crippen LogP contribution in [0.5, 0.6) is 0 Å². The first kappa shape index (κ1) is 32.8. The molecule has 222 valence electrons. The van der Waals surface area contributed by atoms with Crippen molar-refractivity contribution in [3.05, 3.63) is 119 Å². The molecule has 0 spiro atoms. The smallest absolute Gasteiger partial charge is 0.248 e. The number of para-hydroxylation sites is 3. The van der Waals surface area contributed by atoms with Gasteiger partial charge in [0.25, 0.3) is 0 Å². The highest BCUT2D eigenvalue weighted by Gasteiger charge is 2.28. The van der Waals surface area contributed by atoms with Crippen molar-refractivity contribution in [2.45, 2.75) is 66.7 Å². The molecule has 1 unspecified atom stereocenters. The lowest BCUT2D eigenvalue weighted by molar-refractivity contribution is -0.123. The Kier molecular flexibility index (Phi) is 13.0. The van der Waals surface area contributed by atoms with Gasteiger partial charge in [-0.05, 0) is 78.8 Å². The molecule has 0 heterocycles. The second-order valence-corrected chi connectivity index (χ2v) is 11.7. The number of hydrogen-bond acceptors (Lipinski definition) is 3. The fourth-order valence-corrected chi connectivity index (χ4v) is 4.97. The SMILES string of the molecule is CCCCC(C(=O)N(Nc1ccccc1)c1ccccc1)C(C)C.Cc1c(Cl)cccc1Nc1ccccc1C(C)C. The molecule has 0 aliphatic rings. The first-order valence-electron chi connectivity index (χ1n) is 15.0. The van der Waals surface area contributed by atoms with Crippen molar-refractivity contribution in [3.8, 4) is 0 Å². The standard InChI is InChI=1S/C21H28N2O.C16H18ClN/c1-4-5-16-20(17(2)3)21(24)23(19-14-10-7-11-15-19)22-18-12-8-6-9-13-18;1-11(2)13-7-4-5-9-16(13)18-15-10-6-8-14(17)12(15)3/h6-15,17,20,22H,4-5,16H2,1-3H3;4-11,18H,1-3H3. The third-order valence-electron chi connectivity index (χ3n) is 7.36.